The van der Waals surface area contributed by atoms with Gasteiger partial charge in [0, 0.05) is 24.7 Å². The molecule has 5 heteroatoms. The summed E-state index contributed by atoms with van der Waals surface area (Å²) in [6, 6.07) is 4.10. The molecule has 5 nitrogen and oxygen atoms in total. The van der Waals surface area contributed by atoms with Crippen molar-refractivity contribution in [2.45, 2.75) is 33.2 Å². The number of imidazole rings is 1. The van der Waals surface area contributed by atoms with E-state index in [2.05, 4.69) is 15.6 Å². The van der Waals surface area contributed by atoms with E-state index in [0.717, 1.165) is 34.0 Å². The van der Waals surface area contributed by atoms with Gasteiger partial charge in [0.2, 0.25) is 0 Å². The Morgan fingerprint density at radius 2 is 2.14 bits per heavy atom. The predicted octanol–water partition coefficient (Wildman–Crippen LogP) is 2.82. The number of methoxy groups -OCH3 is 1. The van der Waals surface area contributed by atoms with Gasteiger partial charge in [0.05, 0.1) is 18.7 Å². The molecule has 1 unspecified atom stereocenters. The third kappa shape index (κ3) is 2.47. The summed E-state index contributed by atoms with van der Waals surface area (Å²) in [7, 11) is 1.67. The lowest BCUT2D eigenvalue weighted by atomic mass is 9.98. The monoisotopic (exact) mass is 300 g/mol. The number of aryl methyl sites for hydroxylation is 3. The van der Waals surface area contributed by atoms with E-state index in [1.54, 1.807) is 7.11 Å². The normalized spacial score (nSPS) is 17.1. The van der Waals surface area contributed by atoms with Gasteiger partial charge in [0.15, 0.2) is 0 Å². The average Bonchev–Trinajstić information content (AvgIpc) is 2.91. The van der Waals surface area contributed by atoms with Crippen LogP contribution in [-0.4, -0.2) is 27.7 Å². The number of carboxylic acid groups (broad SMARTS) is 1. The van der Waals surface area contributed by atoms with Crippen LogP contribution in [0.1, 0.15) is 23.4 Å². The maximum Gasteiger partial charge on any atom is 0.307 e. The van der Waals surface area contributed by atoms with E-state index in [9.17, 15) is 9.90 Å². The van der Waals surface area contributed by atoms with E-state index in [0.29, 0.717) is 19.4 Å². The molecule has 0 saturated carbocycles. The first kappa shape index (κ1) is 14.6. The van der Waals surface area contributed by atoms with E-state index in [-0.39, 0.29) is 5.92 Å². The molecule has 0 aliphatic carbocycles. The van der Waals surface area contributed by atoms with E-state index in [1.807, 2.05) is 26.1 Å². The van der Waals surface area contributed by atoms with Crippen LogP contribution >= 0.6 is 0 Å². The molecular formula is C17H20N2O3. The molecule has 0 bridgehead atoms. The number of hydrogen-bond donors (Lipinski definition) is 1. The molecule has 2 aromatic rings. The highest BCUT2D eigenvalue weighted by Gasteiger charge is 2.26. The smallest absolute Gasteiger partial charge is 0.307 e. The summed E-state index contributed by atoms with van der Waals surface area (Å²) in [6.45, 7) is 4.77. The number of aromatic nitrogens is 2. The molecule has 1 aromatic heterocycles. The Bertz CT molecular complexity index is 734. The maximum absolute atomic E-state index is 11.2. The topological polar surface area (TPSA) is 64.4 Å². The van der Waals surface area contributed by atoms with Gasteiger partial charge >= 0.3 is 5.97 Å². The predicted molar refractivity (Wildman–Crippen MR) is 83.1 cm³/mol. The highest BCUT2D eigenvalue weighted by Crippen LogP contribution is 2.31. The fourth-order valence-corrected chi connectivity index (χ4v) is 3.05. The van der Waals surface area contributed by atoms with Gasteiger partial charge in [-0.25, -0.2) is 4.98 Å². The number of ether oxygens (including phenoxy) is 1. The largest absolute Gasteiger partial charge is 0.496 e. The number of benzene rings is 1. The van der Waals surface area contributed by atoms with Crippen LogP contribution in [0.15, 0.2) is 18.3 Å². The van der Waals surface area contributed by atoms with E-state index < -0.39 is 5.97 Å². The molecule has 22 heavy (non-hydrogen) atoms. The van der Waals surface area contributed by atoms with Crippen LogP contribution in [-0.2, 0) is 17.8 Å². The Balaban J connectivity index is 1.98. The zero-order chi connectivity index (χ0) is 15.9. The van der Waals surface area contributed by atoms with Crippen LogP contribution in [0.25, 0.3) is 11.3 Å². The molecule has 1 aliphatic heterocycles. The number of aliphatic carboxylic acids is 1. The summed E-state index contributed by atoms with van der Waals surface area (Å²) < 4.78 is 7.42. The molecule has 1 N–H and O–H groups in total. The Labute approximate surface area is 129 Å². The molecule has 0 amide bonds. The zero-order valence-electron chi connectivity index (χ0n) is 13.1. The molecular weight excluding hydrogens is 280 g/mol. The van der Waals surface area contributed by atoms with Gasteiger partial charge in [-0.05, 0) is 43.5 Å². The second-order valence-corrected chi connectivity index (χ2v) is 5.90. The fourth-order valence-electron chi connectivity index (χ4n) is 3.05. The SMILES string of the molecule is COc1cc(C)c(-c2cn3c(n2)CC(C(=O)O)CC3)cc1C. The first-order valence-corrected chi connectivity index (χ1v) is 7.44. The van der Waals surface area contributed by atoms with Crippen molar-refractivity contribution in [3.63, 3.8) is 0 Å². The summed E-state index contributed by atoms with van der Waals surface area (Å²) in [5.74, 6) is 0.686. The first-order valence-electron chi connectivity index (χ1n) is 7.44. The molecule has 1 atom stereocenters. The van der Waals surface area contributed by atoms with Crippen molar-refractivity contribution in [3.05, 3.63) is 35.3 Å². The molecule has 2 heterocycles. The van der Waals surface area contributed by atoms with Crippen LogP contribution in [0.2, 0.25) is 0 Å². The highest BCUT2D eigenvalue weighted by molar-refractivity contribution is 5.71. The quantitative estimate of drug-likeness (QED) is 0.946. The molecule has 1 aromatic carbocycles. The van der Waals surface area contributed by atoms with Crippen LogP contribution in [0.5, 0.6) is 5.75 Å². The van der Waals surface area contributed by atoms with Crippen molar-refractivity contribution < 1.29 is 14.6 Å². The number of hydrogen-bond acceptors (Lipinski definition) is 3. The zero-order valence-corrected chi connectivity index (χ0v) is 13.1. The molecule has 0 fully saturated rings. The van der Waals surface area contributed by atoms with Gasteiger partial charge < -0.3 is 14.4 Å². The number of fused-ring (bicyclic) bond motifs is 1. The average molecular weight is 300 g/mol. The van der Waals surface area contributed by atoms with Crippen molar-refractivity contribution in [2.75, 3.05) is 7.11 Å². The van der Waals surface area contributed by atoms with E-state index >= 15 is 0 Å². The molecule has 0 spiro atoms. The first-order chi connectivity index (χ1) is 10.5. The lowest BCUT2D eigenvalue weighted by Gasteiger charge is -2.19. The lowest BCUT2D eigenvalue weighted by Crippen LogP contribution is -2.25. The minimum absolute atomic E-state index is 0.318. The Morgan fingerprint density at radius 1 is 1.36 bits per heavy atom. The summed E-state index contributed by atoms with van der Waals surface area (Å²) in [6.07, 6.45) is 3.20. The van der Waals surface area contributed by atoms with Gasteiger partial charge in [-0.2, -0.15) is 0 Å². The Hall–Kier alpha value is -2.30. The van der Waals surface area contributed by atoms with Crippen molar-refractivity contribution in [3.8, 4) is 17.0 Å². The van der Waals surface area contributed by atoms with Gasteiger partial charge in [-0.15, -0.1) is 0 Å². The maximum atomic E-state index is 11.2. The highest BCUT2D eigenvalue weighted by atomic mass is 16.5. The Kier molecular flexibility index (Phi) is 3.64. The van der Waals surface area contributed by atoms with Crippen molar-refractivity contribution in [1.29, 1.82) is 0 Å². The Morgan fingerprint density at radius 3 is 2.82 bits per heavy atom. The molecule has 0 radical (unpaired) electrons. The molecule has 116 valence electrons. The van der Waals surface area contributed by atoms with Crippen LogP contribution in [0.3, 0.4) is 0 Å². The lowest BCUT2D eigenvalue weighted by molar-refractivity contribution is -0.142. The molecule has 3 rings (SSSR count). The van der Waals surface area contributed by atoms with E-state index in [4.69, 9.17) is 4.74 Å². The van der Waals surface area contributed by atoms with Crippen LogP contribution in [0.4, 0.5) is 0 Å². The van der Waals surface area contributed by atoms with Crippen molar-refractivity contribution in [2.24, 2.45) is 5.92 Å². The number of rotatable bonds is 3. The number of nitrogens with zero attached hydrogens (tertiary/aromatic N) is 2. The standard InChI is InChI=1S/C17H20N2O3/c1-10-7-15(22-3)11(2)6-13(10)14-9-19-5-4-12(17(20)21)8-16(19)18-14/h6-7,9,12H,4-5,8H2,1-3H3,(H,20,21). The van der Waals surface area contributed by atoms with Crippen LogP contribution < -0.4 is 4.74 Å². The molecule has 0 saturated heterocycles. The minimum Gasteiger partial charge on any atom is -0.496 e. The third-order valence-corrected chi connectivity index (χ3v) is 4.37. The van der Waals surface area contributed by atoms with Crippen molar-refractivity contribution >= 4 is 5.97 Å². The summed E-state index contributed by atoms with van der Waals surface area (Å²) in [4.78, 5) is 15.8. The van der Waals surface area contributed by atoms with Gasteiger partial charge in [0.1, 0.15) is 11.6 Å². The minimum atomic E-state index is -0.729. The fraction of sp³-hybridized carbons (Fsp3) is 0.412. The molecule has 1 aliphatic rings. The van der Waals surface area contributed by atoms with Gasteiger partial charge in [0.25, 0.3) is 0 Å². The number of carboxylic acids is 1. The summed E-state index contributed by atoms with van der Waals surface area (Å²) in [5, 5.41) is 9.17. The summed E-state index contributed by atoms with van der Waals surface area (Å²) >= 11 is 0. The second kappa shape index (κ2) is 5.48. The summed E-state index contributed by atoms with van der Waals surface area (Å²) in [5.41, 5.74) is 4.15. The second-order valence-electron chi connectivity index (χ2n) is 5.90. The van der Waals surface area contributed by atoms with Gasteiger partial charge in [-0.3, -0.25) is 4.79 Å². The van der Waals surface area contributed by atoms with Crippen molar-refractivity contribution in [1.82, 2.24) is 9.55 Å². The third-order valence-electron chi connectivity index (χ3n) is 4.37. The van der Waals surface area contributed by atoms with E-state index in [1.165, 1.54) is 0 Å². The van der Waals surface area contributed by atoms with Gasteiger partial charge in [-0.1, -0.05) is 0 Å². The number of carbonyl (C=O) groups is 1. The van der Waals surface area contributed by atoms with Crippen LogP contribution in [0, 0.1) is 19.8 Å².